The van der Waals surface area contributed by atoms with E-state index in [0.717, 1.165) is 6.42 Å². The number of amides is 1. The predicted octanol–water partition coefficient (Wildman–Crippen LogP) is 0.546. The molecule has 0 spiro atoms. The molecule has 1 saturated carbocycles. The standard InChI is InChI=1S/C8H15NO2/c1-5(2)8(10)9-6-4-7(6)11-3/h5-7H,4H2,1-3H3,(H,9,10)/t6-,7-/m1/s1. The first kappa shape index (κ1) is 8.53. The summed E-state index contributed by atoms with van der Waals surface area (Å²) in [5, 5.41) is 2.89. The van der Waals surface area contributed by atoms with Gasteiger partial charge in [-0.2, -0.15) is 0 Å². The van der Waals surface area contributed by atoms with E-state index >= 15 is 0 Å². The van der Waals surface area contributed by atoms with E-state index in [1.165, 1.54) is 0 Å². The number of ether oxygens (including phenoxy) is 1. The molecule has 1 fully saturated rings. The van der Waals surface area contributed by atoms with Gasteiger partial charge in [-0.3, -0.25) is 4.79 Å². The summed E-state index contributed by atoms with van der Waals surface area (Å²) in [6, 6.07) is 0.273. The molecule has 1 rings (SSSR count). The lowest BCUT2D eigenvalue weighted by Gasteiger charge is -2.05. The fourth-order valence-electron chi connectivity index (χ4n) is 0.933. The van der Waals surface area contributed by atoms with Crippen molar-refractivity contribution in [1.29, 1.82) is 0 Å². The number of hydrogen-bond donors (Lipinski definition) is 1. The van der Waals surface area contributed by atoms with E-state index in [1.54, 1.807) is 7.11 Å². The minimum atomic E-state index is 0.0770. The summed E-state index contributed by atoms with van der Waals surface area (Å²) < 4.78 is 5.04. The number of carbonyl (C=O) groups is 1. The molecule has 3 nitrogen and oxygen atoms in total. The van der Waals surface area contributed by atoms with Gasteiger partial charge in [0.05, 0.1) is 12.1 Å². The Bertz CT molecular complexity index is 156. The molecule has 0 unspecified atom stereocenters. The van der Waals surface area contributed by atoms with Gasteiger partial charge in [0.15, 0.2) is 0 Å². The average Bonchev–Trinajstić information content (AvgIpc) is 2.67. The Morgan fingerprint density at radius 1 is 1.64 bits per heavy atom. The Kier molecular flexibility index (Phi) is 2.49. The van der Waals surface area contributed by atoms with E-state index in [-0.39, 0.29) is 24.0 Å². The highest BCUT2D eigenvalue weighted by Crippen LogP contribution is 2.24. The van der Waals surface area contributed by atoms with Crippen LogP contribution in [0.5, 0.6) is 0 Å². The van der Waals surface area contributed by atoms with Crippen LogP contribution in [0, 0.1) is 5.92 Å². The van der Waals surface area contributed by atoms with Crippen LogP contribution in [0.15, 0.2) is 0 Å². The van der Waals surface area contributed by atoms with E-state index in [2.05, 4.69) is 5.32 Å². The lowest BCUT2D eigenvalue weighted by Crippen LogP contribution is -2.31. The Hall–Kier alpha value is -0.570. The third kappa shape index (κ3) is 2.19. The summed E-state index contributed by atoms with van der Waals surface area (Å²) in [6.07, 6.45) is 1.23. The molecule has 1 aliphatic carbocycles. The monoisotopic (exact) mass is 157 g/mol. The summed E-state index contributed by atoms with van der Waals surface area (Å²) in [4.78, 5) is 11.1. The van der Waals surface area contributed by atoms with Crippen LogP contribution in [0.1, 0.15) is 20.3 Å². The second kappa shape index (κ2) is 3.22. The second-order valence-corrected chi connectivity index (χ2v) is 3.28. The third-order valence-corrected chi connectivity index (χ3v) is 1.89. The van der Waals surface area contributed by atoms with Crippen molar-refractivity contribution in [1.82, 2.24) is 5.32 Å². The summed E-state index contributed by atoms with van der Waals surface area (Å²) in [6.45, 7) is 3.78. The average molecular weight is 157 g/mol. The van der Waals surface area contributed by atoms with E-state index in [0.29, 0.717) is 0 Å². The number of carbonyl (C=O) groups excluding carboxylic acids is 1. The van der Waals surface area contributed by atoms with Gasteiger partial charge in [-0.05, 0) is 6.42 Å². The zero-order valence-electron chi connectivity index (χ0n) is 7.26. The van der Waals surface area contributed by atoms with Gasteiger partial charge in [-0.1, -0.05) is 13.8 Å². The Morgan fingerprint density at radius 3 is 2.64 bits per heavy atom. The van der Waals surface area contributed by atoms with Crippen molar-refractivity contribution in [2.75, 3.05) is 7.11 Å². The van der Waals surface area contributed by atoms with Crippen LogP contribution in [0.25, 0.3) is 0 Å². The van der Waals surface area contributed by atoms with Crippen molar-refractivity contribution < 1.29 is 9.53 Å². The first-order valence-electron chi connectivity index (χ1n) is 3.98. The first-order chi connectivity index (χ1) is 5.15. The smallest absolute Gasteiger partial charge is 0.222 e. The maximum Gasteiger partial charge on any atom is 0.222 e. The fraction of sp³-hybridized carbons (Fsp3) is 0.875. The topological polar surface area (TPSA) is 38.3 Å². The normalized spacial score (nSPS) is 28.7. The zero-order valence-corrected chi connectivity index (χ0v) is 7.26. The SMILES string of the molecule is CO[C@@H]1C[C@H]1NC(=O)C(C)C. The molecule has 11 heavy (non-hydrogen) atoms. The molecule has 1 aliphatic rings. The van der Waals surface area contributed by atoms with Gasteiger partial charge in [-0.25, -0.2) is 0 Å². The van der Waals surface area contributed by atoms with Gasteiger partial charge in [0, 0.05) is 13.0 Å². The predicted molar refractivity (Wildman–Crippen MR) is 42.2 cm³/mol. The Balaban J connectivity index is 2.18. The summed E-state index contributed by atoms with van der Waals surface area (Å²) in [5.74, 6) is 0.197. The van der Waals surface area contributed by atoms with Crippen molar-refractivity contribution in [2.24, 2.45) is 5.92 Å². The molecule has 0 saturated heterocycles. The Labute approximate surface area is 67.1 Å². The minimum Gasteiger partial charge on any atom is -0.379 e. The van der Waals surface area contributed by atoms with Gasteiger partial charge in [0.2, 0.25) is 5.91 Å². The molecular weight excluding hydrogens is 142 g/mol. The fourth-order valence-corrected chi connectivity index (χ4v) is 0.933. The number of rotatable bonds is 3. The first-order valence-corrected chi connectivity index (χ1v) is 3.98. The van der Waals surface area contributed by atoms with Gasteiger partial charge in [0.25, 0.3) is 0 Å². The molecule has 1 amide bonds. The highest BCUT2D eigenvalue weighted by atomic mass is 16.5. The minimum absolute atomic E-state index is 0.0770. The van der Waals surface area contributed by atoms with Crippen molar-refractivity contribution >= 4 is 5.91 Å². The van der Waals surface area contributed by atoms with Crippen molar-refractivity contribution in [3.8, 4) is 0 Å². The number of nitrogens with one attached hydrogen (secondary N) is 1. The van der Waals surface area contributed by atoms with Gasteiger partial charge in [0.1, 0.15) is 0 Å². The van der Waals surface area contributed by atoms with Crippen molar-refractivity contribution in [2.45, 2.75) is 32.4 Å². The van der Waals surface area contributed by atoms with Crippen LogP contribution < -0.4 is 5.32 Å². The molecule has 0 radical (unpaired) electrons. The van der Waals surface area contributed by atoms with Gasteiger partial charge >= 0.3 is 0 Å². The lowest BCUT2D eigenvalue weighted by molar-refractivity contribution is -0.124. The molecule has 0 aromatic carbocycles. The molecular formula is C8H15NO2. The molecule has 0 aliphatic heterocycles. The van der Waals surface area contributed by atoms with Crippen molar-refractivity contribution in [3.63, 3.8) is 0 Å². The molecule has 3 heteroatoms. The van der Waals surface area contributed by atoms with Crippen LogP contribution in [0.2, 0.25) is 0 Å². The van der Waals surface area contributed by atoms with Crippen LogP contribution in [0.3, 0.4) is 0 Å². The highest BCUT2D eigenvalue weighted by Gasteiger charge is 2.38. The zero-order chi connectivity index (χ0) is 8.43. The van der Waals surface area contributed by atoms with E-state index in [4.69, 9.17) is 4.74 Å². The molecule has 2 atom stereocenters. The van der Waals surface area contributed by atoms with E-state index < -0.39 is 0 Å². The van der Waals surface area contributed by atoms with Gasteiger partial charge in [-0.15, -0.1) is 0 Å². The number of hydrogen-bond acceptors (Lipinski definition) is 2. The largest absolute Gasteiger partial charge is 0.379 e. The molecule has 0 aromatic rings. The van der Waals surface area contributed by atoms with E-state index in [1.807, 2.05) is 13.8 Å². The maximum absolute atomic E-state index is 11.1. The summed E-state index contributed by atoms with van der Waals surface area (Å²) in [5.41, 5.74) is 0. The second-order valence-electron chi connectivity index (χ2n) is 3.28. The van der Waals surface area contributed by atoms with Gasteiger partial charge < -0.3 is 10.1 Å². The number of methoxy groups -OCH3 is 1. The summed E-state index contributed by atoms with van der Waals surface area (Å²) >= 11 is 0. The quantitative estimate of drug-likeness (QED) is 0.649. The molecule has 64 valence electrons. The Morgan fingerprint density at radius 2 is 2.27 bits per heavy atom. The van der Waals surface area contributed by atoms with Crippen LogP contribution >= 0.6 is 0 Å². The summed E-state index contributed by atoms with van der Waals surface area (Å²) in [7, 11) is 1.67. The van der Waals surface area contributed by atoms with Crippen LogP contribution in [0.4, 0.5) is 0 Å². The molecule has 1 N–H and O–H groups in total. The molecule has 0 aromatic heterocycles. The van der Waals surface area contributed by atoms with Crippen LogP contribution in [-0.4, -0.2) is 25.2 Å². The third-order valence-electron chi connectivity index (χ3n) is 1.89. The highest BCUT2D eigenvalue weighted by molar-refractivity contribution is 5.78. The van der Waals surface area contributed by atoms with Crippen molar-refractivity contribution in [3.05, 3.63) is 0 Å². The lowest BCUT2D eigenvalue weighted by atomic mass is 10.2. The molecule has 0 heterocycles. The van der Waals surface area contributed by atoms with E-state index in [9.17, 15) is 4.79 Å². The molecule has 0 bridgehead atoms. The van der Waals surface area contributed by atoms with Crippen LogP contribution in [-0.2, 0) is 9.53 Å². The maximum atomic E-state index is 11.1.